The van der Waals surface area contributed by atoms with Gasteiger partial charge in [-0.05, 0) is 25.0 Å². The van der Waals surface area contributed by atoms with Crippen LogP contribution in [0, 0.1) is 0 Å². The van der Waals surface area contributed by atoms with Crippen molar-refractivity contribution in [3.63, 3.8) is 0 Å². The fourth-order valence-corrected chi connectivity index (χ4v) is 2.06. The molecule has 0 radical (unpaired) electrons. The fourth-order valence-electron chi connectivity index (χ4n) is 2.06. The van der Waals surface area contributed by atoms with Gasteiger partial charge in [-0.15, -0.1) is 0 Å². The van der Waals surface area contributed by atoms with Gasteiger partial charge in [0.1, 0.15) is 11.2 Å². The number of aromatic nitrogens is 3. The number of pyridine rings is 1. The largest absolute Gasteiger partial charge is 0.376 e. The minimum Gasteiger partial charge on any atom is -0.376 e. The van der Waals surface area contributed by atoms with Crippen molar-refractivity contribution in [1.82, 2.24) is 20.5 Å². The maximum Gasteiger partial charge on any atom is 0.269 e. The molecule has 1 saturated heterocycles. The molecule has 1 atom stereocenters. The number of carbonyl (C=O) groups excluding carboxylic acids is 1. The van der Waals surface area contributed by atoms with Crippen LogP contribution in [0.5, 0.6) is 0 Å². The van der Waals surface area contributed by atoms with Gasteiger partial charge in [0.05, 0.1) is 17.8 Å². The van der Waals surface area contributed by atoms with E-state index in [4.69, 9.17) is 4.74 Å². The number of nitrogens with one attached hydrogen (secondary N) is 2. The van der Waals surface area contributed by atoms with E-state index in [1.54, 1.807) is 18.3 Å². The number of rotatable bonds is 3. The van der Waals surface area contributed by atoms with Crippen LogP contribution in [0.15, 0.2) is 18.3 Å². The SMILES string of the molecule is O=C(NCC1CCCO1)c1ccc2[nH]ncc2n1. The first-order valence-electron chi connectivity index (χ1n) is 6.03. The second kappa shape index (κ2) is 4.73. The minimum absolute atomic E-state index is 0.145. The van der Waals surface area contributed by atoms with E-state index in [0.29, 0.717) is 17.8 Å². The molecule has 0 aliphatic carbocycles. The Hall–Kier alpha value is -1.95. The third kappa shape index (κ3) is 2.19. The van der Waals surface area contributed by atoms with Gasteiger partial charge in [0.2, 0.25) is 0 Å². The predicted octanol–water partition coefficient (Wildman–Crippen LogP) is 0.867. The zero-order valence-electron chi connectivity index (χ0n) is 9.85. The summed E-state index contributed by atoms with van der Waals surface area (Å²) in [5.41, 5.74) is 1.92. The van der Waals surface area contributed by atoms with Crippen LogP contribution in [-0.4, -0.2) is 40.3 Å². The van der Waals surface area contributed by atoms with Crippen LogP contribution < -0.4 is 5.32 Å². The average Bonchev–Trinajstić information content (AvgIpc) is 3.05. The number of fused-ring (bicyclic) bond motifs is 1. The van der Waals surface area contributed by atoms with Crippen LogP contribution in [-0.2, 0) is 4.74 Å². The van der Waals surface area contributed by atoms with Gasteiger partial charge >= 0.3 is 0 Å². The van der Waals surface area contributed by atoms with Crippen LogP contribution in [0.25, 0.3) is 11.0 Å². The van der Waals surface area contributed by atoms with Crippen LogP contribution >= 0.6 is 0 Å². The van der Waals surface area contributed by atoms with Crippen molar-refractivity contribution >= 4 is 16.9 Å². The number of hydrogen-bond donors (Lipinski definition) is 2. The van der Waals surface area contributed by atoms with Crippen molar-refractivity contribution in [1.29, 1.82) is 0 Å². The van der Waals surface area contributed by atoms with Crippen molar-refractivity contribution in [3.05, 3.63) is 24.0 Å². The molecule has 1 aliphatic rings. The molecular formula is C12H14N4O2. The molecule has 3 heterocycles. The molecule has 0 saturated carbocycles. The lowest BCUT2D eigenvalue weighted by atomic mass is 10.2. The number of ether oxygens (including phenoxy) is 1. The number of hydrogen-bond acceptors (Lipinski definition) is 4. The molecule has 6 heteroatoms. The van der Waals surface area contributed by atoms with Crippen molar-refractivity contribution in [2.75, 3.05) is 13.2 Å². The number of H-pyrrole nitrogens is 1. The van der Waals surface area contributed by atoms with Gasteiger partial charge in [-0.2, -0.15) is 5.10 Å². The summed E-state index contributed by atoms with van der Waals surface area (Å²) in [4.78, 5) is 16.1. The molecule has 6 nitrogen and oxygen atoms in total. The summed E-state index contributed by atoms with van der Waals surface area (Å²) in [6.07, 6.45) is 3.83. The highest BCUT2D eigenvalue weighted by Gasteiger charge is 2.17. The van der Waals surface area contributed by atoms with Crippen molar-refractivity contribution in [3.8, 4) is 0 Å². The minimum atomic E-state index is -0.173. The van der Waals surface area contributed by atoms with Gasteiger partial charge in [0.15, 0.2) is 0 Å². The Morgan fingerprint density at radius 3 is 3.33 bits per heavy atom. The molecule has 1 fully saturated rings. The molecule has 3 rings (SSSR count). The third-order valence-corrected chi connectivity index (χ3v) is 3.04. The Labute approximate surface area is 104 Å². The number of amides is 1. The molecule has 1 amide bonds. The second-order valence-electron chi connectivity index (χ2n) is 4.34. The predicted molar refractivity (Wildman–Crippen MR) is 65.2 cm³/mol. The van der Waals surface area contributed by atoms with E-state index in [9.17, 15) is 4.79 Å². The Bertz CT molecular complexity index is 560. The van der Waals surface area contributed by atoms with E-state index in [0.717, 1.165) is 25.0 Å². The first-order valence-corrected chi connectivity index (χ1v) is 6.03. The summed E-state index contributed by atoms with van der Waals surface area (Å²) >= 11 is 0. The van der Waals surface area contributed by atoms with E-state index in [1.807, 2.05) is 0 Å². The van der Waals surface area contributed by atoms with Gasteiger partial charge < -0.3 is 10.1 Å². The fraction of sp³-hybridized carbons (Fsp3) is 0.417. The lowest BCUT2D eigenvalue weighted by Crippen LogP contribution is -2.32. The molecule has 1 unspecified atom stereocenters. The van der Waals surface area contributed by atoms with Gasteiger partial charge in [0.25, 0.3) is 5.91 Å². The summed E-state index contributed by atoms with van der Waals surface area (Å²) in [6.45, 7) is 1.34. The van der Waals surface area contributed by atoms with Crippen LogP contribution in [0.2, 0.25) is 0 Å². The maximum atomic E-state index is 11.9. The molecule has 2 aromatic heterocycles. The average molecular weight is 246 g/mol. The van der Waals surface area contributed by atoms with Gasteiger partial charge in [0, 0.05) is 13.2 Å². The van der Waals surface area contributed by atoms with Gasteiger partial charge in [-0.25, -0.2) is 4.98 Å². The van der Waals surface area contributed by atoms with Crippen molar-refractivity contribution in [2.45, 2.75) is 18.9 Å². The topological polar surface area (TPSA) is 79.9 Å². The lowest BCUT2D eigenvalue weighted by Gasteiger charge is -2.10. The zero-order valence-corrected chi connectivity index (χ0v) is 9.85. The number of nitrogens with zero attached hydrogens (tertiary/aromatic N) is 2. The van der Waals surface area contributed by atoms with Crippen LogP contribution in [0.3, 0.4) is 0 Å². The highest BCUT2D eigenvalue weighted by atomic mass is 16.5. The first kappa shape index (κ1) is 11.2. The normalized spacial score (nSPS) is 19.2. The monoisotopic (exact) mass is 246 g/mol. The summed E-state index contributed by atoms with van der Waals surface area (Å²) in [5, 5.41) is 9.51. The third-order valence-electron chi connectivity index (χ3n) is 3.04. The zero-order chi connectivity index (χ0) is 12.4. The van der Waals surface area contributed by atoms with Crippen molar-refractivity contribution < 1.29 is 9.53 Å². The van der Waals surface area contributed by atoms with E-state index in [-0.39, 0.29) is 12.0 Å². The smallest absolute Gasteiger partial charge is 0.269 e. The van der Waals surface area contributed by atoms with Crippen LogP contribution in [0.4, 0.5) is 0 Å². The Kier molecular flexibility index (Phi) is 2.93. The van der Waals surface area contributed by atoms with E-state index < -0.39 is 0 Å². The number of carbonyl (C=O) groups is 1. The summed E-state index contributed by atoms with van der Waals surface area (Å²) < 4.78 is 5.45. The molecule has 0 spiro atoms. The molecular weight excluding hydrogens is 232 g/mol. The Balaban J connectivity index is 1.67. The lowest BCUT2D eigenvalue weighted by molar-refractivity contribution is 0.0854. The van der Waals surface area contributed by atoms with E-state index >= 15 is 0 Å². The second-order valence-corrected chi connectivity index (χ2v) is 4.34. The highest BCUT2D eigenvalue weighted by Crippen LogP contribution is 2.11. The first-order chi connectivity index (χ1) is 8.83. The standard InChI is InChI=1S/C12H14N4O2/c17-12(13-6-8-2-1-5-18-8)10-4-3-9-11(15-10)7-14-16-9/h3-4,7-8H,1-2,5-6H2,(H,13,17)(H,14,16). The molecule has 0 aromatic carbocycles. The maximum absolute atomic E-state index is 11.9. The highest BCUT2D eigenvalue weighted by molar-refractivity contribution is 5.94. The molecule has 1 aliphatic heterocycles. The molecule has 18 heavy (non-hydrogen) atoms. The summed E-state index contributed by atoms with van der Waals surface area (Å²) in [7, 11) is 0. The number of aromatic amines is 1. The summed E-state index contributed by atoms with van der Waals surface area (Å²) in [5.74, 6) is -0.173. The molecule has 2 N–H and O–H groups in total. The quantitative estimate of drug-likeness (QED) is 0.842. The Morgan fingerprint density at radius 1 is 1.56 bits per heavy atom. The van der Waals surface area contributed by atoms with Gasteiger partial charge in [-0.3, -0.25) is 9.89 Å². The molecule has 2 aromatic rings. The van der Waals surface area contributed by atoms with E-state index in [2.05, 4.69) is 20.5 Å². The van der Waals surface area contributed by atoms with Crippen LogP contribution in [0.1, 0.15) is 23.3 Å². The molecule has 0 bridgehead atoms. The van der Waals surface area contributed by atoms with Gasteiger partial charge in [-0.1, -0.05) is 0 Å². The molecule has 94 valence electrons. The Morgan fingerprint density at radius 2 is 2.50 bits per heavy atom. The van der Waals surface area contributed by atoms with E-state index in [1.165, 1.54) is 0 Å². The van der Waals surface area contributed by atoms with Crippen molar-refractivity contribution in [2.24, 2.45) is 0 Å². The summed E-state index contributed by atoms with van der Waals surface area (Å²) in [6, 6.07) is 3.49.